The van der Waals surface area contributed by atoms with Crippen LogP contribution in [0.2, 0.25) is 0 Å². The molecule has 0 saturated carbocycles. The van der Waals surface area contributed by atoms with E-state index in [1.165, 1.54) is 19.6 Å². The van der Waals surface area contributed by atoms with Gasteiger partial charge >= 0.3 is 0 Å². The lowest BCUT2D eigenvalue weighted by Gasteiger charge is -2.10. The molecule has 0 atom stereocenters. The minimum absolute atomic E-state index is 0.377. The summed E-state index contributed by atoms with van der Waals surface area (Å²) in [7, 11) is 0. The average Bonchev–Trinajstić information content (AvgIpc) is 2.08. The molecule has 0 amide bonds. The lowest BCUT2D eigenvalue weighted by molar-refractivity contribution is -0.894. The predicted octanol–water partition coefficient (Wildman–Crippen LogP) is 0.621. The molecule has 0 aliphatic rings. The minimum atomic E-state index is -0.627. The van der Waals surface area contributed by atoms with Crippen molar-refractivity contribution in [1.82, 2.24) is 0 Å². The summed E-state index contributed by atoms with van der Waals surface area (Å²) in [5.74, 6) is 0. The summed E-state index contributed by atoms with van der Waals surface area (Å²) in [5.41, 5.74) is 0. The number of quaternary nitrogens is 1. The van der Waals surface area contributed by atoms with E-state index in [2.05, 4.69) is 38.1 Å². The summed E-state index contributed by atoms with van der Waals surface area (Å²) in [5, 5.41) is -0.627. The van der Waals surface area contributed by atoms with Crippen LogP contribution < -0.4 is 4.90 Å². The topological polar surface area (TPSA) is 30.7 Å². The van der Waals surface area contributed by atoms with Crippen LogP contribution in [0.25, 0.3) is 0 Å². The second-order valence-electron chi connectivity index (χ2n) is 2.49. The molecule has 0 aromatic carbocycles. The predicted molar refractivity (Wildman–Crippen MR) is 57.0 cm³/mol. The van der Waals surface area contributed by atoms with Gasteiger partial charge in [0, 0.05) is 0 Å². The molecule has 3 nitrogen and oxygen atoms in total. The first-order chi connectivity index (χ1) is 6.12. The van der Waals surface area contributed by atoms with Crippen LogP contribution in [0.1, 0.15) is 27.7 Å². The number of rotatable bonds is 4. The van der Waals surface area contributed by atoms with E-state index in [1.54, 1.807) is 11.8 Å². The molecule has 0 rings (SSSR count). The maximum atomic E-state index is 9.64. The van der Waals surface area contributed by atoms with Crippen molar-refractivity contribution in [3.8, 4) is 0 Å². The summed E-state index contributed by atoms with van der Waals surface area (Å²) in [6.45, 7) is 12.6. The van der Waals surface area contributed by atoms with E-state index < -0.39 is 5.30 Å². The first-order valence-corrected chi connectivity index (χ1v) is 5.20. The fraction of sp³-hybridized carbons (Fsp3) is 0.889. The van der Waals surface area contributed by atoms with Crippen molar-refractivity contribution in [3.05, 3.63) is 0 Å². The zero-order valence-electron chi connectivity index (χ0n) is 9.05. The highest BCUT2D eigenvalue weighted by Crippen LogP contribution is 1.72. The molecule has 4 heteroatoms. The third-order valence-corrected chi connectivity index (χ3v) is 1.88. The number of carbonyl (C=O) groups is 1. The number of carbonyl (C=O) groups excluding carboxylic acids is 1. The molecule has 0 heterocycles. The lowest BCUT2D eigenvalue weighted by atomic mass is 10.5. The summed E-state index contributed by atoms with van der Waals surface area (Å²) < 4.78 is 4.22. The maximum absolute atomic E-state index is 9.64. The monoisotopic (exact) mass is 207 g/mol. The van der Waals surface area contributed by atoms with Crippen LogP contribution in [0.15, 0.2) is 0 Å². The Bertz CT molecular complexity index is 111. The quantitative estimate of drug-likeness (QED) is 0.541. The van der Waals surface area contributed by atoms with Gasteiger partial charge in [-0.3, -0.25) is 4.79 Å². The third-order valence-electron chi connectivity index (χ3n) is 1.76. The first-order valence-electron chi connectivity index (χ1n) is 4.79. The third kappa shape index (κ3) is 14.5. The molecule has 0 aliphatic carbocycles. The summed E-state index contributed by atoms with van der Waals surface area (Å²) in [6.07, 6.45) is 0. The average molecular weight is 207 g/mol. The van der Waals surface area contributed by atoms with Gasteiger partial charge in [-0.05, 0) is 27.7 Å². The van der Waals surface area contributed by atoms with Crippen molar-refractivity contribution in [3.63, 3.8) is 0 Å². The molecular weight excluding hydrogens is 186 g/mol. The molecule has 0 aliphatic heterocycles. The summed E-state index contributed by atoms with van der Waals surface area (Å²) >= 11 is 4.02. The van der Waals surface area contributed by atoms with Gasteiger partial charge in [-0.25, -0.2) is 0 Å². The Labute approximate surface area is 86.9 Å². The maximum Gasteiger partial charge on any atom is 0.184 e. The Morgan fingerprint density at radius 1 is 1.15 bits per heavy atom. The van der Waals surface area contributed by atoms with Crippen molar-refractivity contribution in [2.24, 2.45) is 0 Å². The van der Waals surface area contributed by atoms with Crippen LogP contribution in [-0.2, 0) is 17.4 Å². The molecule has 0 radical (unpaired) electrons. The smallest absolute Gasteiger partial charge is 0.184 e. The van der Waals surface area contributed by atoms with Crippen molar-refractivity contribution >= 4 is 17.9 Å². The van der Waals surface area contributed by atoms with Crippen molar-refractivity contribution < 1.29 is 14.4 Å². The molecule has 13 heavy (non-hydrogen) atoms. The highest BCUT2D eigenvalue weighted by Gasteiger charge is 1.92. The molecule has 0 spiro atoms. The molecular formula is C9H21NO2S. The first kappa shape index (κ1) is 15.1. The van der Waals surface area contributed by atoms with Gasteiger partial charge in [0.25, 0.3) is 0 Å². The van der Waals surface area contributed by atoms with E-state index >= 15 is 0 Å². The molecule has 0 saturated heterocycles. The number of nitrogens with one attached hydrogen (secondary N) is 1. The van der Waals surface area contributed by atoms with Crippen LogP contribution in [0.5, 0.6) is 0 Å². The molecule has 80 valence electrons. The van der Waals surface area contributed by atoms with Gasteiger partial charge in [0.1, 0.15) is 0 Å². The Morgan fingerprint density at radius 2 is 1.54 bits per heavy atom. The van der Waals surface area contributed by atoms with Gasteiger partial charge in [-0.1, -0.05) is 0 Å². The van der Waals surface area contributed by atoms with Gasteiger partial charge in [0.2, 0.25) is 0 Å². The fourth-order valence-electron chi connectivity index (χ4n) is 0.868. The van der Waals surface area contributed by atoms with E-state index in [-0.39, 0.29) is 0 Å². The molecule has 0 fully saturated rings. The largest absolute Gasteiger partial charge is 0.698 e. The summed E-state index contributed by atoms with van der Waals surface area (Å²) in [6, 6.07) is 0. The van der Waals surface area contributed by atoms with Crippen molar-refractivity contribution in [2.75, 3.05) is 26.2 Å². The lowest BCUT2D eigenvalue weighted by Crippen LogP contribution is -3.11. The van der Waals surface area contributed by atoms with Gasteiger partial charge in [-0.15, -0.1) is 0 Å². The number of ether oxygens (including phenoxy) is 1. The SMILES string of the molecule is CCOC(=O)[S-].CC[NH+](CC)CC. The van der Waals surface area contributed by atoms with Gasteiger partial charge in [0.15, 0.2) is 5.30 Å². The Morgan fingerprint density at radius 3 is 1.54 bits per heavy atom. The van der Waals surface area contributed by atoms with Crippen LogP contribution in [-0.4, -0.2) is 31.5 Å². The second kappa shape index (κ2) is 11.6. The molecule has 1 N–H and O–H groups in total. The summed E-state index contributed by atoms with van der Waals surface area (Å²) in [4.78, 5) is 11.3. The van der Waals surface area contributed by atoms with Gasteiger partial charge < -0.3 is 22.3 Å². The molecule has 0 aromatic rings. The minimum Gasteiger partial charge on any atom is -0.698 e. The van der Waals surface area contributed by atoms with E-state index in [1.807, 2.05) is 0 Å². The second-order valence-corrected chi connectivity index (χ2v) is 2.83. The van der Waals surface area contributed by atoms with Crippen LogP contribution in [0, 0.1) is 0 Å². The van der Waals surface area contributed by atoms with Crippen molar-refractivity contribution in [1.29, 1.82) is 0 Å². The number of hydrogen-bond acceptors (Lipinski definition) is 3. The molecule has 0 aromatic heterocycles. The van der Waals surface area contributed by atoms with E-state index in [9.17, 15) is 4.79 Å². The van der Waals surface area contributed by atoms with Crippen LogP contribution in [0.3, 0.4) is 0 Å². The normalized spacial score (nSPS) is 9.00. The van der Waals surface area contributed by atoms with Crippen molar-refractivity contribution in [2.45, 2.75) is 27.7 Å². The highest BCUT2D eigenvalue weighted by molar-refractivity contribution is 7.76. The zero-order chi connectivity index (χ0) is 10.7. The molecule has 0 unspecified atom stereocenters. The van der Waals surface area contributed by atoms with Gasteiger partial charge in [-0.2, -0.15) is 0 Å². The standard InChI is InChI=1S/C6H15N.C3H6O2S/c1-4-7(5-2)6-3;1-2-5-3(4)6/h4-6H2,1-3H3;2H2,1H3,(H,4,6). The van der Waals surface area contributed by atoms with Gasteiger partial charge in [0.05, 0.1) is 26.2 Å². The zero-order valence-corrected chi connectivity index (χ0v) is 9.87. The van der Waals surface area contributed by atoms with E-state index in [4.69, 9.17) is 0 Å². The van der Waals surface area contributed by atoms with Crippen LogP contribution in [0.4, 0.5) is 4.79 Å². The number of hydrogen-bond donors (Lipinski definition) is 1. The molecule has 0 bridgehead atoms. The fourth-order valence-corrected chi connectivity index (χ4v) is 0.986. The van der Waals surface area contributed by atoms with E-state index in [0.29, 0.717) is 6.61 Å². The Balaban J connectivity index is 0. The highest BCUT2D eigenvalue weighted by atomic mass is 32.1. The Kier molecular flexibility index (Phi) is 13.6. The van der Waals surface area contributed by atoms with Crippen LogP contribution >= 0.6 is 0 Å². The van der Waals surface area contributed by atoms with E-state index in [0.717, 1.165) is 0 Å². The Hall–Kier alpha value is -0.350.